The average molecular weight is 216 g/mol. The minimum absolute atomic E-state index is 0.776. The first-order chi connectivity index (χ1) is 7.74. The van der Waals surface area contributed by atoms with E-state index in [-0.39, 0.29) is 0 Å². The summed E-state index contributed by atoms with van der Waals surface area (Å²) in [7, 11) is 2.03. The third-order valence-corrected chi connectivity index (χ3v) is 2.36. The lowest BCUT2D eigenvalue weighted by Gasteiger charge is -2.03. The molecule has 0 amide bonds. The number of nitrogens with zero attached hydrogens (tertiary/aromatic N) is 3. The van der Waals surface area contributed by atoms with E-state index in [1.165, 1.54) is 5.56 Å². The molecule has 0 atom stereocenters. The second-order valence-corrected chi connectivity index (χ2v) is 3.88. The number of hydrogen-bond acceptors (Lipinski definition) is 3. The molecular weight excluding hydrogens is 200 g/mol. The van der Waals surface area contributed by atoms with E-state index in [9.17, 15) is 0 Å². The number of hydrogen-bond donors (Lipinski definition) is 1. The van der Waals surface area contributed by atoms with Gasteiger partial charge in [0.1, 0.15) is 5.82 Å². The molecule has 0 spiro atoms. The Morgan fingerprint density at radius 1 is 1.31 bits per heavy atom. The Hall–Kier alpha value is -1.68. The van der Waals surface area contributed by atoms with Crippen molar-refractivity contribution in [1.29, 1.82) is 0 Å². The molecule has 84 valence electrons. The molecule has 4 heteroatoms. The highest BCUT2D eigenvalue weighted by atomic mass is 14.9. The Labute approximate surface area is 95.4 Å². The van der Waals surface area contributed by atoms with Crippen molar-refractivity contribution >= 4 is 0 Å². The van der Waals surface area contributed by atoms with Crippen LogP contribution in [0.3, 0.4) is 0 Å². The average Bonchev–Trinajstić information content (AvgIpc) is 2.64. The Balaban J connectivity index is 1.84. The van der Waals surface area contributed by atoms with Gasteiger partial charge in [0.25, 0.3) is 0 Å². The van der Waals surface area contributed by atoms with Crippen molar-refractivity contribution in [3.8, 4) is 0 Å². The highest BCUT2D eigenvalue weighted by molar-refractivity contribution is 5.10. The van der Waals surface area contributed by atoms with Crippen molar-refractivity contribution in [2.75, 3.05) is 0 Å². The van der Waals surface area contributed by atoms with E-state index in [0.717, 1.165) is 24.6 Å². The zero-order valence-corrected chi connectivity index (χ0v) is 9.64. The summed E-state index contributed by atoms with van der Waals surface area (Å²) >= 11 is 0. The monoisotopic (exact) mass is 216 g/mol. The van der Waals surface area contributed by atoms with E-state index >= 15 is 0 Å². The van der Waals surface area contributed by atoms with E-state index in [1.807, 2.05) is 30.8 Å². The van der Waals surface area contributed by atoms with Crippen LogP contribution < -0.4 is 5.32 Å². The van der Waals surface area contributed by atoms with Crippen LogP contribution in [-0.2, 0) is 20.1 Å². The van der Waals surface area contributed by atoms with Gasteiger partial charge in [-0.05, 0) is 24.6 Å². The van der Waals surface area contributed by atoms with Gasteiger partial charge in [-0.15, -0.1) is 0 Å². The fourth-order valence-electron chi connectivity index (χ4n) is 1.60. The first-order valence-corrected chi connectivity index (χ1v) is 5.34. The quantitative estimate of drug-likeness (QED) is 0.840. The van der Waals surface area contributed by atoms with Gasteiger partial charge >= 0.3 is 0 Å². The van der Waals surface area contributed by atoms with Crippen molar-refractivity contribution < 1.29 is 0 Å². The molecule has 0 unspecified atom stereocenters. The fraction of sp³-hybridized carbons (Fsp3) is 0.333. The molecule has 0 aliphatic carbocycles. The van der Waals surface area contributed by atoms with Crippen LogP contribution in [0.25, 0.3) is 0 Å². The summed E-state index contributed by atoms with van der Waals surface area (Å²) in [5.41, 5.74) is 2.32. The van der Waals surface area contributed by atoms with Crippen LogP contribution in [-0.4, -0.2) is 14.5 Å². The molecule has 2 aromatic rings. The van der Waals surface area contributed by atoms with Crippen molar-refractivity contribution in [3.05, 3.63) is 47.8 Å². The zero-order valence-electron chi connectivity index (χ0n) is 9.64. The second kappa shape index (κ2) is 4.90. The summed E-state index contributed by atoms with van der Waals surface area (Å²) in [6.07, 6.45) is 5.95. The molecule has 2 rings (SSSR count). The van der Waals surface area contributed by atoms with E-state index in [0.29, 0.717) is 0 Å². The van der Waals surface area contributed by atoms with Crippen LogP contribution in [0, 0.1) is 6.92 Å². The smallest absolute Gasteiger partial charge is 0.125 e. The number of aromatic nitrogens is 3. The summed E-state index contributed by atoms with van der Waals surface area (Å²) in [5, 5.41) is 3.35. The zero-order chi connectivity index (χ0) is 11.4. The van der Waals surface area contributed by atoms with Gasteiger partial charge in [-0.1, -0.05) is 0 Å². The molecule has 0 aliphatic rings. The van der Waals surface area contributed by atoms with Gasteiger partial charge in [-0.3, -0.25) is 0 Å². The SMILES string of the molecule is Cc1nccc(CNCc2ccn(C)c2)n1. The Morgan fingerprint density at radius 3 is 2.88 bits per heavy atom. The molecule has 2 aromatic heterocycles. The van der Waals surface area contributed by atoms with Gasteiger partial charge < -0.3 is 9.88 Å². The summed E-state index contributed by atoms with van der Waals surface area (Å²) in [4.78, 5) is 8.40. The molecule has 0 bridgehead atoms. The van der Waals surface area contributed by atoms with Crippen LogP contribution in [0.2, 0.25) is 0 Å². The third kappa shape index (κ3) is 2.90. The second-order valence-electron chi connectivity index (χ2n) is 3.88. The molecule has 0 radical (unpaired) electrons. The molecule has 0 fully saturated rings. The molecule has 16 heavy (non-hydrogen) atoms. The molecule has 4 nitrogen and oxygen atoms in total. The summed E-state index contributed by atoms with van der Waals surface area (Å²) in [6.45, 7) is 3.54. The van der Waals surface area contributed by atoms with E-state index in [1.54, 1.807) is 6.20 Å². The molecule has 0 aromatic carbocycles. The first-order valence-electron chi connectivity index (χ1n) is 5.34. The van der Waals surface area contributed by atoms with Gasteiger partial charge in [-0.2, -0.15) is 0 Å². The van der Waals surface area contributed by atoms with Gasteiger partial charge in [0.15, 0.2) is 0 Å². The molecule has 0 saturated carbocycles. The van der Waals surface area contributed by atoms with Crippen molar-refractivity contribution in [3.63, 3.8) is 0 Å². The number of nitrogens with one attached hydrogen (secondary N) is 1. The minimum atomic E-state index is 0.776. The molecule has 2 heterocycles. The predicted molar refractivity (Wildman–Crippen MR) is 62.7 cm³/mol. The maximum absolute atomic E-state index is 4.33. The van der Waals surface area contributed by atoms with Crippen LogP contribution in [0.4, 0.5) is 0 Å². The fourth-order valence-corrected chi connectivity index (χ4v) is 1.60. The molecule has 0 aliphatic heterocycles. The Bertz CT molecular complexity index is 462. The minimum Gasteiger partial charge on any atom is -0.357 e. The van der Waals surface area contributed by atoms with Crippen LogP contribution in [0.1, 0.15) is 17.1 Å². The lowest BCUT2D eigenvalue weighted by atomic mass is 10.3. The van der Waals surface area contributed by atoms with Crippen molar-refractivity contribution in [2.45, 2.75) is 20.0 Å². The predicted octanol–water partition coefficient (Wildman–Crippen LogP) is 1.41. The maximum atomic E-state index is 4.33. The Morgan fingerprint density at radius 2 is 2.19 bits per heavy atom. The molecule has 1 N–H and O–H groups in total. The largest absolute Gasteiger partial charge is 0.357 e. The van der Waals surface area contributed by atoms with Crippen LogP contribution in [0.5, 0.6) is 0 Å². The number of rotatable bonds is 4. The standard InChI is InChI=1S/C12H16N4/c1-10-14-5-3-12(15-10)8-13-7-11-4-6-16(2)9-11/h3-6,9,13H,7-8H2,1-2H3. The third-order valence-electron chi connectivity index (χ3n) is 2.36. The molecule has 0 saturated heterocycles. The molecular formula is C12H16N4. The Kier molecular flexibility index (Phi) is 3.31. The summed E-state index contributed by atoms with van der Waals surface area (Å²) in [6, 6.07) is 4.04. The highest BCUT2D eigenvalue weighted by Crippen LogP contribution is 2.00. The van der Waals surface area contributed by atoms with Crippen molar-refractivity contribution in [2.24, 2.45) is 7.05 Å². The van der Waals surface area contributed by atoms with Crippen molar-refractivity contribution in [1.82, 2.24) is 19.9 Å². The summed E-state index contributed by atoms with van der Waals surface area (Å²) in [5.74, 6) is 0.819. The highest BCUT2D eigenvalue weighted by Gasteiger charge is 1.97. The topological polar surface area (TPSA) is 42.7 Å². The summed E-state index contributed by atoms with van der Waals surface area (Å²) < 4.78 is 2.05. The lowest BCUT2D eigenvalue weighted by molar-refractivity contribution is 0.674. The van der Waals surface area contributed by atoms with E-state index < -0.39 is 0 Å². The van der Waals surface area contributed by atoms with E-state index in [4.69, 9.17) is 0 Å². The normalized spacial score (nSPS) is 10.6. The van der Waals surface area contributed by atoms with Gasteiger partial charge in [0, 0.05) is 38.7 Å². The van der Waals surface area contributed by atoms with Crippen LogP contribution in [0.15, 0.2) is 30.7 Å². The van der Waals surface area contributed by atoms with Gasteiger partial charge in [-0.25, -0.2) is 9.97 Å². The van der Waals surface area contributed by atoms with Gasteiger partial charge in [0.2, 0.25) is 0 Å². The van der Waals surface area contributed by atoms with Gasteiger partial charge in [0.05, 0.1) is 5.69 Å². The maximum Gasteiger partial charge on any atom is 0.125 e. The first kappa shape index (κ1) is 10.8. The van der Waals surface area contributed by atoms with E-state index in [2.05, 4.69) is 27.5 Å². The lowest BCUT2D eigenvalue weighted by Crippen LogP contribution is -2.13. The van der Waals surface area contributed by atoms with Crippen LogP contribution >= 0.6 is 0 Å². The number of aryl methyl sites for hydroxylation is 2.